The van der Waals surface area contributed by atoms with Gasteiger partial charge in [0.2, 0.25) is 11.8 Å². The van der Waals surface area contributed by atoms with Gasteiger partial charge in [-0.3, -0.25) is 4.79 Å². The van der Waals surface area contributed by atoms with Crippen molar-refractivity contribution in [2.45, 2.75) is 5.92 Å². The van der Waals surface area contributed by atoms with Crippen LogP contribution in [0.3, 0.4) is 0 Å². The Morgan fingerprint density at radius 3 is 2.70 bits per heavy atom. The second kappa shape index (κ2) is 7.36. The number of hydrogen-bond donors (Lipinski definition) is 0. The van der Waals surface area contributed by atoms with Gasteiger partial charge in [-0.05, 0) is 24.3 Å². The summed E-state index contributed by atoms with van der Waals surface area (Å²) in [5.74, 6) is 1.13. The predicted molar refractivity (Wildman–Crippen MR) is 99.2 cm³/mol. The molecule has 2 aromatic heterocycles. The van der Waals surface area contributed by atoms with E-state index in [0.29, 0.717) is 37.2 Å². The lowest BCUT2D eigenvalue weighted by Gasteiger charge is -2.16. The van der Waals surface area contributed by atoms with Crippen molar-refractivity contribution >= 4 is 5.91 Å². The monoisotopic (exact) mass is 366 g/mol. The van der Waals surface area contributed by atoms with Crippen LogP contribution < -0.4 is 0 Å². The van der Waals surface area contributed by atoms with Crippen LogP contribution in [0.4, 0.5) is 0 Å². The van der Waals surface area contributed by atoms with Crippen molar-refractivity contribution < 1.29 is 13.9 Å². The summed E-state index contributed by atoms with van der Waals surface area (Å²) in [6.45, 7) is 1.67. The zero-order chi connectivity index (χ0) is 18.8. The van der Waals surface area contributed by atoms with Gasteiger partial charge in [-0.1, -0.05) is 18.2 Å². The quantitative estimate of drug-likeness (QED) is 0.694. The molecule has 3 aromatic rings. The fourth-order valence-corrected chi connectivity index (χ4v) is 3.63. The number of amides is 1. The molecule has 4 rings (SSSR count). The van der Waals surface area contributed by atoms with Gasteiger partial charge in [0.25, 0.3) is 5.91 Å². The molecule has 1 aliphatic heterocycles. The average molecular weight is 366 g/mol. The Hall–Kier alpha value is -2.93. The van der Waals surface area contributed by atoms with E-state index in [-0.39, 0.29) is 17.7 Å². The van der Waals surface area contributed by atoms with Gasteiger partial charge in [0.15, 0.2) is 0 Å². The SMILES string of the molecule is COC[C@@H]1CN(C(=O)c2cccn2C)C[C@H]1c1nnc(-c2ccccc2)o1. The van der Waals surface area contributed by atoms with Crippen molar-refractivity contribution in [3.05, 3.63) is 60.2 Å². The third-order valence-electron chi connectivity index (χ3n) is 5.05. The minimum atomic E-state index is -0.0425. The molecule has 2 atom stereocenters. The highest BCUT2D eigenvalue weighted by atomic mass is 16.5. The number of carbonyl (C=O) groups is 1. The Labute approximate surface area is 157 Å². The molecule has 0 aliphatic carbocycles. The first-order chi connectivity index (χ1) is 13.2. The zero-order valence-corrected chi connectivity index (χ0v) is 15.4. The highest BCUT2D eigenvalue weighted by Gasteiger charge is 2.40. The molecule has 1 aromatic carbocycles. The van der Waals surface area contributed by atoms with Gasteiger partial charge in [0, 0.05) is 44.9 Å². The molecule has 0 N–H and O–H groups in total. The maximum absolute atomic E-state index is 12.9. The second-order valence-corrected chi connectivity index (χ2v) is 6.85. The first kappa shape index (κ1) is 17.5. The summed E-state index contributed by atoms with van der Waals surface area (Å²) < 4.78 is 13.2. The van der Waals surface area contributed by atoms with Gasteiger partial charge in [-0.25, -0.2) is 0 Å². The molecule has 7 nitrogen and oxygen atoms in total. The molecule has 1 aliphatic rings. The number of ether oxygens (including phenoxy) is 1. The van der Waals surface area contributed by atoms with Crippen LogP contribution in [0.5, 0.6) is 0 Å². The van der Waals surface area contributed by atoms with Crippen LogP contribution in [0.15, 0.2) is 53.1 Å². The fourth-order valence-electron chi connectivity index (χ4n) is 3.63. The maximum atomic E-state index is 12.9. The summed E-state index contributed by atoms with van der Waals surface area (Å²) in [6, 6.07) is 13.4. The highest BCUT2D eigenvalue weighted by molar-refractivity contribution is 5.93. The number of hydrogen-bond acceptors (Lipinski definition) is 5. The molecule has 0 radical (unpaired) electrons. The van der Waals surface area contributed by atoms with Crippen LogP contribution in [0, 0.1) is 5.92 Å². The molecule has 0 saturated carbocycles. The van der Waals surface area contributed by atoms with Crippen LogP contribution in [-0.4, -0.2) is 52.4 Å². The predicted octanol–water partition coefficient (Wildman–Crippen LogP) is 2.58. The molecule has 3 heterocycles. The molecule has 0 unspecified atom stereocenters. The van der Waals surface area contributed by atoms with Crippen molar-refractivity contribution in [3.63, 3.8) is 0 Å². The van der Waals surface area contributed by atoms with E-state index in [0.717, 1.165) is 5.56 Å². The molecule has 7 heteroatoms. The minimum Gasteiger partial charge on any atom is -0.420 e. The van der Waals surface area contributed by atoms with Gasteiger partial charge >= 0.3 is 0 Å². The third kappa shape index (κ3) is 3.38. The molecule has 1 fully saturated rings. The highest BCUT2D eigenvalue weighted by Crippen LogP contribution is 2.34. The first-order valence-corrected chi connectivity index (χ1v) is 8.95. The van der Waals surface area contributed by atoms with Crippen LogP contribution in [0.25, 0.3) is 11.5 Å². The number of aromatic nitrogens is 3. The van der Waals surface area contributed by atoms with Crippen molar-refractivity contribution in [1.29, 1.82) is 0 Å². The van der Waals surface area contributed by atoms with E-state index in [1.807, 2.05) is 65.2 Å². The lowest BCUT2D eigenvalue weighted by atomic mass is 9.97. The molecule has 27 heavy (non-hydrogen) atoms. The van der Waals surface area contributed by atoms with Crippen LogP contribution in [0.2, 0.25) is 0 Å². The summed E-state index contributed by atoms with van der Waals surface area (Å²) in [5, 5.41) is 8.46. The van der Waals surface area contributed by atoms with Gasteiger partial charge in [-0.15, -0.1) is 10.2 Å². The normalized spacial score (nSPS) is 19.6. The summed E-state index contributed by atoms with van der Waals surface area (Å²) in [7, 11) is 3.54. The smallest absolute Gasteiger partial charge is 0.270 e. The lowest BCUT2D eigenvalue weighted by molar-refractivity contribution is 0.0766. The van der Waals surface area contributed by atoms with E-state index in [9.17, 15) is 4.79 Å². The van der Waals surface area contributed by atoms with E-state index in [2.05, 4.69) is 10.2 Å². The second-order valence-electron chi connectivity index (χ2n) is 6.85. The Morgan fingerprint density at radius 1 is 1.19 bits per heavy atom. The number of carbonyl (C=O) groups excluding carboxylic acids is 1. The number of likely N-dealkylation sites (tertiary alicyclic amines) is 1. The van der Waals surface area contributed by atoms with E-state index in [4.69, 9.17) is 9.15 Å². The summed E-state index contributed by atoms with van der Waals surface area (Å²) >= 11 is 0. The Morgan fingerprint density at radius 2 is 2.00 bits per heavy atom. The molecular weight excluding hydrogens is 344 g/mol. The molecule has 1 saturated heterocycles. The Kier molecular flexibility index (Phi) is 4.77. The first-order valence-electron chi connectivity index (χ1n) is 8.95. The van der Waals surface area contributed by atoms with Crippen molar-refractivity contribution in [2.24, 2.45) is 13.0 Å². The third-order valence-corrected chi connectivity index (χ3v) is 5.05. The maximum Gasteiger partial charge on any atom is 0.270 e. The molecular formula is C20H22N4O3. The fraction of sp³-hybridized carbons (Fsp3) is 0.350. The lowest BCUT2D eigenvalue weighted by Crippen LogP contribution is -2.30. The van der Waals surface area contributed by atoms with E-state index in [1.54, 1.807) is 7.11 Å². The average Bonchev–Trinajstić information content (AvgIpc) is 3.41. The van der Waals surface area contributed by atoms with Crippen molar-refractivity contribution in [3.8, 4) is 11.5 Å². The number of methoxy groups -OCH3 is 1. The number of benzene rings is 1. The summed E-state index contributed by atoms with van der Waals surface area (Å²) in [4.78, 5) is 14.7. The summed E-state index contributed by atoms with van der Waals surface area (Å²) in [5.41, 5.74) is 1.55. The van der Waals surface area contributed by atoms with Gasteiger partial charge < -0.3 is 18.6 Å². The largest absolute Gasteiger partial charge is 0.420 e. The Bertz CT molecular complexity index is 918. The number of nitrogens with zero attached hydrogens (tertiary/aromatic N) is 4. The number of rotatable bonds is 5. The number of aryl methyl sites for hydroxylation is 1. The Balaban J connectivity index is 1.57. The van der Waals surface area contributed by atoms with E-state index >= 15 is 0 Å². The van der Waals surface area contributed by atoms with Gasteiger partial charge in [0.1, 0.15) is 5.69 Å². The van der Waals surface area contributed by atoms with Crippen molar-refractivity contribution in [1.82, 2.24) is 19.7 Å². The molecule has 0 spiro atoms. The molecule has 0 bridgehead atoms. The minimum absolute atomic E-state index is 0.00824. The van der Waals surface area contributed by atoms with Crippen LogP contribution in [-0.2, 0) is 11.8 Å². The van der Waals surface area contributed by atoms with Crippen LogP contribution in [0.1, 0.15) is 22.3 Å². The van der Waals surface area contributed by atoms with E-state index < -0.39 is 0 Å². The van der Waals surface area contributed by atoms with Gasteiger partial charge in [-0.2, -0.15) is 0 Å². The standard InChI is InChI=1S/C20H22N4O3/c1-23-10-6-9-17(23)20(25)24-11-15(13-26-2)16(12-24)19-22-21-18(27-19)14-7-4-3-5-8-14/h3-10,15-16H,11-13H2,1-2H3/t15-,16+/m0/s1. The van der Waals surface area contributed by atoms with Crippen molar-refractivity contribution in [2.75, 3.05) is 26.8 Å². The molecule has 1 amide bonds. The molecule has 140 valence electrons. The van der Waals surface area contributed by atoms with E-state index in [1.165, 1.54) is 0 Å². The zero-order valence-electron chi connectivity index (χ0n) is 15.4. The summed E-state index contributed by atoms with van der Waals surface area (Å²) in [6.07, 6.45) is 1.87. The van der Waals surface area contributed by atoms with Crippen LogP contribution >= 0.6 is 0 Å². The topological polar surface area (TPSA) is 73.4 Å². The van der Waals surface area contributed by atoms with Gasteiger partial charge in [0.05, 0.1) is 12.5 Å².